The van der Waals surface area contributed by atoms with Crippen LogP contribution >= 0.6 is 0 Å². The van der Waals surface area contributed by atoms with Gasteiger partial charge in [-0.3, -0.25) is 0 Å². The van der Waals surface area contributed by atoms with Crippen molar-refractivity contribution >= 4 is 6.08 Å². The van der Waals surface area contributed by atoms with Gasteiger partial charge in [-0.05, 0) is 76.3 Å². The lowest BCUT2D eigenvalue weighted by Crippen LogP contribution is -1.85. The Morgan fingerprint density at radius 1 is 0.727 bits per heavy atom. The number of aryl methyl sites for hydroxylation is 1. The van der Waals surface area contributed by atoms with Crippen molar-refractivity contribution in [3.8, 4) is 0 Å². The zero-order valence-electron chi connectivity index (χ0n) is 22.7. The maximum absolute atomic E-state index is 4.00. The summed E-state index contributed by atoms with van der Waals surface area (Å²) >= 11 is 0. The molecule has 0 nitrogen and oxygen atoms in total. The van der Waals surface area contributed by atoms with Crippen molar-refractivity contribution < 1.29 is 0 Å². The van der Waals surface area contributed by atoms with Gasteiger partial charge in [0.05, 0.1) is 0 Å². The first kappa shape index (κ1) is 32.1. The van der Waals surface area contributed by atoms with E-state index in [1.807, 2.05) is 66.7 Å². The van der Waals surface area contributed by atoms with Crippen LogP contribution in [0.2, 0.25) is 0 Å². The predicted octanol–water partition coefficient (Wildman–Crippen LogP) is 10.7. The lowest BCUT2D eigenvalue weighted by atomic mass is 10.0. The fraction of sp³-hybridized carbons (Fsp3) is 0.273. The van der Waals surface area contributed by atoms with Crippen LogP contribution in [0.25, 0.3) is 6.08 Å². The van der Waals surface area contributed by atoms with Gasteiger partial charge in [0.2, 0.25) is 0 Å². The monoisotopic (exact) mass is 442 g/mol. The normalized spacial score (nSPS) is 12.0. The first-order valence-corrected chi connectivity index (χ1v) is 11.6. The summed E-state index contributed by atoms with van der Waals surface area (Å²) in [5.74, 6) is 0. The van der Waals surface area contributed by atoms with Crippen LogP contribution in [-0.4, -0.2) is 0 Å². The van der Waals surface area contributed by atoms with Gasteiger partial charge >= 0.3 is 0 Å². The molecule has 0 saturated carbocycles. The van der Waals surface area contributed by atoms with Gasteiger partial charge in [0.25, 0.3) is 0 Å². The number of hydrogen-bond acceptors (Lipinski definition) is 0. The van der Waals surface area contributed by atoms with E-state index in [0.29, 0.717) is 0 Å². The van der Waals surface area contributed by atoms with Gasteiger partial charge in [0.15, 0.2) is 0 Å². The highest BCUT2D eigenvalue weighted by molar-refractivity contribution is 5.52. The Kier molecular flexibility index (Phi) is 17.9. The van der Waals surface area contributed by atoms with Crippen molar-refractivity contribution in [2.24, 2.45) is 0 Å². The minimum atomic E-state index is 0.918. The standard InChI is InChI=1S/C16H22.C15H18.C2H6/c1-11(2)13(5)9-15(7)16(8)10-14(6)12(3)4;1-4-6-13(2)7-5-8-15-11-9-14(3)10-12-15;1-2/h9-10H,1,3,7-8H2,2,4-6H3;4-12H,1-3H3;1-2H3/b13-9-,14-10-;6-4-,8-5+,13-7-;. The predicted molar refractivity (Wildman–Crippen MR) is 156 cm³/mol. The summed E-state index contributed by atoms with van der Waals surface area (Å²) in [4.78, 5) is 0. The topological polar surface area (TPSA) is 0 Å². The van der Waals surface area contributed by atoms with Crippen molar-refractivity contribution in [3.63, 3.8) is 0 Å². The molecule has 0 atom stereocenters. The van der Waals surface area contributed by atoms with Gasteiger partial charge in [0, 0.05) is 0 Å². The van der Waals surface area contributed by atoms with Crippen LogP contribution in [-0.2, 0) is 0 Å². The molecule has 0 fully saturated rings. The van der Waals surface area contributed by atoms with E-state index in [-0.39, 0.29) is 0 Å². The molecule has 0 aliphatic rings. The fourth-order valence-electron chi connectivity index (χ4n) is 2.26. The zero-order chi connectivity index (χ0) is 26.0. The molecule has 0 saturated heterocycles. The molecule has 0 bridgehead atoms. The number of benzene rings is 1. The SMILES string of the molecule is C=C(/C=C(/C)C(=C)C)C(=C)/C=C(/C)C(=C)C.CC.C\C=C/C(C)=C\C=C\c1ccc(C)cc1. The molecule has 0 amide bonds. The molecule has 0 aromatic heterocycles. The second-order valence-corrected chi connectivity index (χ2v) is 7.95. The third-order valence-corrected chi connectivity index (χ3v) is 4.69. The molecule has 0 aliphatic heterocycles. The minimum Gasteiger partial charge on any atom is -0.0958 e. The van der Waals surface area contributed by atoms with Crippen LogP contribution in [0.5, 0.6) is 0 Å². The Labute approximate surface area is 205 Å². The Morgan fingerprint density at radius 2 is 1.15 bits per heavy atom. The third kappa shape index (κ3) is 16.2. The summed E-state index contributed by atoms with van der Waals surface area (Å²) in [6.45, 7) is 34.0. The van der Waals surface area contributed by atoms with Gasteiger partial charge in [-0.2, -0.15) is 0 Å². The van der Waals surface area contributed by atoms with Gasteiger partial charge in [-0.25, -0.2) is 0 Å². The van der Waals surface area contributed by atoms with Crippen LogP contribution < -0.4 is 0 Å². The molecule has 1 aromatic rings. The van der Waals surface area contributed by atoms with Gasteiger partial charge < -0.3 is 0 Å². The summed E-state index contributed by atoms with van der Waals surface area (Å²) in [7, 11) is 0. The van der Waals surface area contributed by atoms with E-state index in [4.69, 9.17) is 0 Å². The largest absolute Gasteiger partial charge is 0.0958 e. The molecule has 0 radical (unpaired) electrons. The van der Waals surface area contributed by atoms with Gasteiger partial charge in [0.1, 0.15) is 0 Å². The lowest BCUT2D eigenvalue weighted by Gasteiger charge is -2.05. The van der Waals surface area contributed by atoms with E-state index >= 15 is 0 Å². The quantitative estimate of drug-likeness (QED) is 0.351. The molecule has 178 valence electrons. The van der Waals surface area contributed by atoms with E-state index in [2.05, 4.69) is 88.7 Å². The summed E-state index contributed by atoms with van der Waals surface area (Å²) in [6.07, 6.45) is 14.5. The second kappa shape index (κ2) is 18.5. The van der Waals surface area contributed by atoms with Crippen molar-refractivity contribution in [2.75, 3.05) is 0 Å². The zero-order valence-corrected chi connectivity index (χ0v) is 22.7. The average molecular weight is 443 g/mol. The molecule has 1 rings (SSSR count). The van der Waals surface area contributed by atoms with E-state index in [0.717, 1.165) is 33.4 Å². The molecule has 1 aromatic carbocycles. The van der Waals surface area contributed by atoms with Crippen LogP contribution in [0.4, 0.5) is 0 Å². The average Bonchev–Trinajstić information content (AvgIpc) is 2.76. The number of rotatable bonds is 8. The maximum atomic E-state index is 4.00. The van der Waals surface area contributed by atoms with Gasteiger partial charge in [-0.15, -0.1) is 0 Å². The van der Waals surface area contributed by atoms with Crippen molar-refractivity contribution in [3.05, 3.63) is 137 Å². The molecule has 0 heterocycles. The Hall–Kier alpha value is -3.12. The second-order valence-electron chi connectivity index (χ2n) is 7.95. The van der Waals surface area contributed by atoms with Crippen LogP contribution in [0, 0.1) is 6.92 Å². The summed E-state index contributed by atoms with van der Waals surface area (Å²) in [6, 6.07) is 8.51. The lowest BCUT2D eigenvalue weighted by molar-refractivity contribution is 1.33. The molecule has 0 heteroatoms. The Morgan fingerprint density at radius 3 is 1.52 bits per heavy atom. The van der Waals surface area contributed by atoms with E-state index in [9.17, 15) is 0 Å². The van der Waals surface area contributed by atoms with Gasteiger partial charge in [-0.1, -0.05) is 129 Å². The molecule has 0 spiro atoms. The molecular formula is C33H46. The van der Waals surface area contributed by atoms with Crippen LogP contribution in [0.15, 0.2) is 126 Å². The summed E-state index contributed by atoms with van der Waals surface area (Å²) in [5, 5.41) is 0. The number of hydrogen-bond donors (Lipinski definition) is 0. The van der Waals surface area contributed by atoms with E-state index in [1.54, 1.807) is 0 Å². The molecule has 0 unspecified atom stereocenters. The molecule has 0 aliphatic carbocycles. The highest BCUT2D eigenvalue weighted by Crippen LogP contribution is 2.17. The molecule has 0 N–H and O–H groups in total. The Bertz CT molecular complexity index is 892. The summed E-state index contributed by atoms with van der Waals surface area (Å²) in [5.41, 5.74) is 10.0. The Balaban J connectivity index is 0. The summed E-state index contributed by atoms with van der Waals surface area (Å²) < 4.78 is 0. The first-order valence-electron chi connectivity index (χ1n) is 11.6. The molecular weight excluding hydrogens is 396 g/mol. The van der Waals surface area contributed by atoms with Crippen LogP contribution in [0.3, 0.4) is 0 Å². The minimum absolute atomic E-state index is 0.918. The first-order chi connectivity index (χ1) is 15.5. The molecule has 33 heavy (non-hydrogen) atoms. The van der Waals surface area contributed by atoms with Crippen molar-refractivity contribution in [1.82, 2.24) is 0 Å². The maximum Gasteiger partial charge on any atom is -0.0256 e. The smallest absolute Gasteiger partial charge is 0.0256 e. The van der Waals surface area contributed by atoms with Crippen LogP contribution in [0.1, 0.15) is 66.5 Å². The third-order valence-electron chi connectivity index (χ3n) is 4.69. The van der Waals surface area contributed by atoms with E-state index in [1.165, 1.54) is 16.7 Å². The fourth-order valence-corrected chi connectivity index (χ4v) is 2.26. The van der Waals surface area contributed by atoms with Crippen molar-refractivity contribution in [1.29, 1.82) is 0 Å². The number of allylic oxidation sites excluding steroid dienone is 13. The van der Waals surface area contributed by atoms with Crippen molar-refractivity contribution in [2.45, 2.75) is 62.3 Å². The highest BCUT2D eigenvalue weighted by Gasteiger charge is 1.98. The highest BCUT2D eigenvalue weighted by atomic mass is 14.0. The van der Waals surface area contributed by atoms with E-state index < -0.39 is 0 Å².